The summed E-state index contributed by atoms with van der Waals surface area (Å²) in [4.78, 5) is 22.5. The van der Waals surface area contributed by atoms with Gasteiger partial charge in [-0.3, -0.25) is 9.59 Å². The zero-order valence-electron chi connectivity index (χ0n) is 16.0. The second kappa shape index (κ2) is 9.86. The molecule has 146 valence electrons. The van der Waals surface area contributed by atoms with Crippen LogP contribution in [0.25, 0.3) is 0 Å². The van der Waals surface area contributed by atoms with E-state index in [1.165, 1.54) is 40.5 Å². The Morgan fingerprint density at radius 2 is 1.14 bits per heavy atom. The van der Waals surface area contributed by atoms with Crippen molar-refractivity contribution in [2.75, 3.05) is 14.2 Å². The van der Waals surface area contributed by atoms with Crippen LogP contribution >= 0.6 is 0 Å². The zero-order valence-corrected chi connectivity index (χ0v) is 16.0. The van der Waals surface area contributed by atoms with Crippen LogP contribution in [0.5, 0.6) is 23.0 Å². The topological polar surface area (TPSA) is 95.8 Å². The molecule has 0 fully saturated rings. The lowest BCUT2D eigenvalue weighted by atomic mass is 10.2. The molecule has 0 saturated heterocycles. The second-order valence-electron chi connectivity index (χ2n) is 5.48. The summed E-state index contributed by atoms with van der Waals surface area (Å²) in [6.07, 6.45) is 2.84. The molecule has 8 nitrogen and oxygen atoms in total. The second-order valence-corrected chi connectivity index (χ2v) is 5.48. The van der Waals surface area contributed by atoms with Crippen LogP contribution in [0.15, 0.2) is 46.6 Å². The molecule has 0 unspecified atom stereocenters. The van der Waals surface area contributed by atoms with Crippen molar-refractivity contribution in [3.8, 4) is 23.0 Å². The molecule has 0 heterocycles. The predicted octanol–water partition coefficient (Wildman–Crippen LogP) is 3.01. The smallest absolute Gasteiger partial charge is 0.308 e. The fraction of sp³-hybridized carbons (Fsp3) is 0.200. The van der Waals surface area contributed by atoms with E-state index in [1.807, 2.05) is 0 Å². The summed E-state index contributed by atoms with van der Waals surface area (Å²) in [5.41, 5.74) is 1.02. The first-order valence-corrected chi connectivity index (χ1v) is 8.22. The lowest BCUT2D eigenvalue weighted by Crippen LogP contribution is -2.04. The Labute approximate surface area is 162 Å². The van der Waals surface area contributed by atoms with Crippen LogP contribution in [0.3, 0.4) is 0 Å². The lowest BCUT2D eigenvalue weighted by molar-refractivity contribution is -0.132. The van der Waals surface area contributed by atoms with Gasteiger partial charge in [0.2, 0.25) is 0 Å². The van der Waals surface area contributed by atoms with Crippen LogP contribution in [-0.4, -0.2) is 38.6 Å². The van der Waals surface area contributed by atoms with Gasteiger partial charge < -0.3 is 18.9 Å². The number of nitrogens with zero attached hydrogens (tertiary/aromatic N) is 2. The standard InChI is InChI=1S/C20H20N2O6/c1-13(23)27-19-7-5-17(25-3)9-15(19)11-21-22-12-16-10-18(26-4)6-8-20(16)28-14(2)24/h5-12H,1-4H3. The fourth-order valence-electron chi connectivity index (χ4n) is 2.20. The molecule has 0 N–H and O–H groups in total. The van der Waals surface area contributed by atoms with Crippen molar-refractivity contribution in [3.05, 3.63) is 47.5 Å². The van der Waals surface area contributed by atoms with Gasteiger partial charge in [0, 0.05) is 25.0 Å². The average molecular weight is 384 g/mol. The Bertz CT molecular complexity index is 845. The molecule has 0 saturated carbocycles. The zero-order chi connectivity index (χ0) is 20.5. The Morgan fingerprint density at radius 1 is 0.750 bits per heavy atom. The van der Waals surface area contributed by atoms with E-state index in [1.54, 1.807) is 36.4 Å². The van der Waals surface area contributed by atoms with Gasteiger partial charge >= 0.3 is 11.9 Å². The van der Waals surface area contributed by atoms with Crippen LogP contribution in [0.2, 0.25) is 0 Å². The lowest BCUT2D eigenvalue weighted by Gasteiger charge is -2.07. The van der Waals surface area contributed by atoms with Crippen molar-refractivity contribution in [2.45, 2.75) is 13.8 Å². The predicted molar refractivity (Wildman–Crippen MR) is 104 cm³/mol. The van der Waals surface area contributed by atoms with Crippen LogP contribution < -0.4 is 18.9 Å². The summed E-state index contributed by atoms with van der Waals surface area (Å²) < 4.78 is 20.6. The highest BCUT2D eigenvalue weighted by Gasteiger charge is 2.08. The first kappa shape index (κ1) is 20.6. The van der Waals surface area contributed by atoms with E-state index in [0.29, 0.717) is 34.1 Å². The van der Waals surface area contributed by atoms with Gasteiger partial charge in [0.05, 0.1) is 26.6 Å². The molecule has 2 aromatic rings. The summed E-state index contributed by atoms with van der Waals surface area (Å²) in [7, 11) is 3.05. The van der Waals surface area contributed by atoms with Gasteiger partial charge in [0.1, 0.15) is 23.0 Å². The number of esters is 2. The van der Waals surface area contributed by atoms with E-state index in [9.17, 15) is 9.59 Å². The van der Waals surface area contributed by atoms with Crippen LogP contribution in [0.1, 0.15) is 25.0 Å². The van der Waals surface area contributed by atoms with Gasteiger partial charge in [-0.05, 0) is 36.4 Å². The largest absolute Gasteiger partial charge is 0.497 e. The quantitative estimate of drug-likeness (QED) is 0.315. The molecule has 0 atom stereocenters. The van der Waals surface area contributed by atoms with Crippen molar-refractivity contribution >= 4 is 24.4 Å². The number of hydrogen-bond acceptors (Lipinski definition) is 8. The molecule has 2 aromatic carbocycles. The number of benzene rings is 2. The van der Waals surface area contributed by atoms with Crippen LogP contribution in [0.4, 0.5) is 0 Å². The van der Waals surface area contributed by atoms with Gasteiger partial charge in [0.25, 0.3) is 0 Å². The van der Waals surface area contributed by atoms with E-state index < -0.39 is 11.9 Å². The van der Waals surface area contributed by atoms with Gasteiger partial charge in [-0.1, -0.05) is 0 Å². The van der Waals surface area contributed by atoms with Gasteiger partial charge in [0.15, 0.2) is 0 Å². The van der Waals surface area contributed by atoms with Crippen LogP contribution in [0, 0.1) is 0 Å². The first-order valence-electron chi connectivity index (χ1n) is 8.22. The van der Waals surface area contributed by atoms with Crippen molar-refractivity contribution in [3.63, 3.8) is 0 Å². The van der Waals surface area contributed by atoms with Crippen molar-refractivity contribution in [2.24, 2.45) is 10.2 Å². The molecule has 0 aromatic heterocycles. The van der Waals surface area contributed by atoms with Crippen molar-refractivity contribution in [1.82, 2.24) is 0 Å². The van der Waals surface area contributed by atoms with Crippen molar-refractivity contribution < 1.29 is 28.5 Å². The number of methoxy groups -OCH3 is 2. The minimum Gasteiger partial charge on any atom is -0.497 e. The molecular weight excluding hydrogens is 364 g/mol. The summed E-state index contributed by atoms with van der Waals surface area (Å²) >= 11 is 0. The average Bonchev–Trinajstić information content (AvgIpc) is 2.66. The number of carbonyl (C=O) groups is 2. The molecule has 2 rings (SSSR count). The molecule has 0 radical (unpaired) electrons. The normalized spacial score (nSPS) is 10.9. The highest BCUT2D eigenvalue weighted by Crippen LogP contribution is 2.24. The summed E-state index contributed by atoms with van der Waals surface area (Å²) in [6.45, 7) is 2.62. The Balaban J connectivity index is 2.28. The van der Waals surface area contributed by atoms with E-state index in [0.717, 1.165) is 0 Å². The number of ether oxygens (including phenoxy) is 4. The number of hydrogen-bond donors (Lipinski definition) is 0. The summed E-state index contributed by atoms with van der Waals surface area (Å²) in [5, 5.41) is 7.94. The maximum atomic E-state index is 11.2. The van der Waals surface area contributed by atoms with Gasteiger partial charge in [-0.25, -0.2) is 0 Å². The van der Waals surface area contributed by atoms with E-state index >= 15 is 0 Å². The molecular formula is C20H20N2O6. The van der Waals surface area contributed by atoms with E-state index in [-0.39, 0.29) is 0 Å². The van der Waals surface area contributed by atoms with Gasteiger partial charge in [-0.2, -0.15) is 10.2 Å². The van der Waals surface area contributed by atoms with E-state index in [2.05, 4.69) is 10.2 Å². The molecule has 8 heteroatoms. The molecule has 0 spiro atoms. The monoisotopic (exact) mass is 384 g/mol. The highest BCUT2D eigenvalue weighted by molar-refractivity contribution is 5.88. The third kappa shape index (κ3) is 5.94. The third-order valence-electron chi connectivity index (χ3n) is 3.40. The minimum absolute atomic E-state index is 0.328. The minimum atomic E-state index is -0.453. The maximum Gasteiger partial charge on any atom is 0.308 e. The Hall–Kier alpha value is -3.68. The molecule has 0 aliphatic heterocycles. The Morgan fingerprint density at radius 3 is 1.46 bits per heavy atom. The third-order valence-corrected chi connectivity index (χ3v) is 3.40. The molecule has 0 aliphatic carbocycles. The maximum absolute atomic E-state index is 11.2. The summed E-state index contributed by atoms with van der Waals surface area (Å²) in [6, 6.07) is 9.86. The number of carbonyl (C=O) groups excluding carboxylic acids is 2. The fourth-order valence-corrected chi connectivity index (χ4v) is 2.20. The summed E-state index contributed by atoms with van der Waals surface area (Å²) in [5.74, 6) is 0.900. The molecule has 0 amide bonds. The van der Waals surface area contributed by atoms with Gasteiger partial charge in [-0.15, -0.1) is 0 Å². The van der Waals surface area contributed by atoms with Crippen LogP contribution in [-0.2, 0) is 9.59 Å². The van der Waals surface area contributed by atoms with Crippen molar-refractivity contribution in [1.29, 1.82) is 0 Å². The number of rotatable bonds is 7. The highest BCUT2D eigenvalue weighted by atomic mass is 16.5. The molecule has 0 bridgehead atoms. The first-order chi connectivity index (χ1) is 13.4. The molecule has 28 heavy (non-hydrogen) atoms. The Kier molecular flexibility index (Phi) is 7.27. The van der Waals surface area contributed by atoms with E-state index in [4.69, 9.17) is 18.9 Å². The molecule has 0 aliphatic rings. The SMILES string of the molecule is COc1ccc(OC(C)=O)c(C=NN=Cc2cc(OC)ccc2OC(C)=O)c1.